The number of pyridine rings is 1. The molecule has 0 radical (unpaired) electrons. The average Bonchev–Trinajstić information content (AvgIpc) is 3.29. The number of aryl methyl sites for hydroxylation is 2. The Morgan fingerprint density at radius 1 is 1.08 bits per heavy atom. The van der Waals surface area contributed by atoms with Gasteiger partial charge in [0, 0.05) is 43.9 Å². The molecule has 36 heavy (non-hydrogen) atoms. The lowest BCUT2D eigenvalue weighted by Crippen LogP contribution is -2.42. The summed E-state index contributed by atoms with van der Waals surface area (Å²) < 4.78 is 19.3. The van der Waals surface area contributed by atoms with E-state index in [0.29, 0.717) is 13.2 Å². The summed E-state index contributed by atoms with van der Waals surface area (Å²) in [7, 11) is 1.68. The molecule has 1 aliphatic carbocycles. The number of hydrogen-bond acceptors (Lipinski definition) is 4. The van der Waals surface area contributed by atoms with E-state index < -0.39 is 0 Å². The molecule has 6 nitrogen and oxygen atoms in total. The Morgan fingerprint density at radius 3 is 2.72 bits per heavy atom. The van der Waals surface area contributed by atoms with Gasteiger partial charge in [0.1, 0.15) is 5.82 Å². The van der Waals surface area contributed by atoms with Crippen molar-refractivity contribution in [2.45, 2.75) is 37.6 Å². The first-order chi connectivity index (χ1) is 17.6. The summed E-state index contributed by atoms with van der Waals surface area (Å²) in [6.45, 7) is 2.77. The third-order valence-corrected chi connectivity index (χ3v) is 7.20. The van der Waals surface area contributed by atoms with Crippen LogP contribution in [0.25, 0.3) is 11.3 Å². The van der Waals surface area contributed by atoms with Crippen molar-refractivity contribution in [3.05, 3.63) is 83.3 Å². The second-order valence-electron chi connectivity index (χ2n) is 9.68. The molecule has 7 heteroatoms. The van der Waals surface area contributed by atoms with Crippen molar-refractivity contribution in [2.24, 2.45) is 0 Å². The molecule has 1 fully saturated rings. The first kappa shape index (κ1) is 24.4. The van der Waals surface area contributed by atoms with Gasteiger partial charge in [0.2, 0.25) is 0 Å². The number of carbonyl (C=O) groups is 1. The van der Waals surface area contributed by atoms with Gasteiger partial charge in [-0.2, -0.15) is 0 Å². The van der Waals surface area contributed by atoms with Crippen molar-refractivity contribution in [3.63, 3.8) is 0 Å². The van der Waals surface area contributed by atoms with Crippen LogP contribution in [-0.4, -0.2) is 55.3 Å². The molecule has 1 aromatic heterocycles. The summed E-state index contributed by atoms with van der Waals surface area (Å²) in [5.41, 5.74) is 5.71. The molecule has 3 aromatic rings. The molecule has 0 bridgehead atoms. The van der Waals surface area contributed by atoms with Gasteiger partial charge in [-0.3, -0.25) is 9.88 Å². The number of halogens is 1. The summed E-state index contributed by atoms with van der Waals surface area (Å²) in [5, 5.41) is 6.28. The van der Waals surface area contributed by atoms with Gasteiger partial charge in [0.05, 0.1) is 24.0 Å². The molecule has 2 N–H and O–H groups in total. The number of ether oxygens (including phenoxy) is 1. The Hall–Kier alpha value is -3.29. The maximum Gasteiger partial charge on any atom is 0.319 e. The fourth-order valence-electron chi connectivity index (χ4n) is 5.38. The van der Waals surface area contributed by atoms with Crippen molar-refractivity contribution in [1.82, 2.24) is 15.2 Å². The van der Waals surface area contributed by atoms with Gasteiger partial charge in [-0.1, -0.05) is 42.5 Å². The van der Waals surface area contributed by atoms with Gasteiger partial charge >= 0.3 is 6.03 Å². The Morgan fingerprint density at radius 2 is 1.92 bits per heavy atom. The van der Waals surface area contributed by atoms with Gasteiger partial charge in [-0.05, 0) is 55.0 Å². The number of carbonyl (C=O) groups excluding carboxylic acids is 1. The predicted octanol–water partition coefficient (Wildman–Crippen LogP) is 5.00. The van der Waals surface area contributed by atoms with Crippen molar-refractivity contribution in [1.29, 1.82) is 0 Å². The Balaban J connectivity index is 1.38. The van der Waals surface area contributed by atoms with Gasteiger partial charge in [0.15, 0.2) is 0 Å². The second kappa shape index (κ2) is 11.2. The summed E-state index contributed by atoms with van der Waals surface area (Å²) in [6.07, 6.45) is 4.23. The van der Waals surface area contributed by atoms with Gasteiger partial charge < -0.3 is 15.4 Å². The summed E-state index contributed by atoms with van der Waals surface area (Å²) in [4.78, 5) is 20.5. The number of urea groups is 1. The fourth-order valence-corrected chi connectivity index (χ4v) is 5.38. The molecule has 2 heterocycles. The lowest BCUT2D eigenvalue weighted by molar-refractivity contribution is 0.159. The highest BCUT2D eigenvalue weighted by Gasteiger charge is 2.35. The third kappa shape index (κ3) is 5.58. The second-order valence-corrected chi connectivity index (χ2v) is 9.68. The SMILES string of the molecule is COCCN1C[C@@H](NC(=O)Nc2cc3c(nc2-c2ccccc2)CCCC3)[C@H](c2cccc(F)c2)C1. The molecule has 2 atom stereocenters. The van der Waals surface area contributed by atoms with E-state index in [1.807, 2.05) is 36.4 Å². The molecular weight excluding hydrogens is 455 g/mol. The molecule has 0 saturated carbocycles. The standard InChI is InChI=1S/C29H33FN4O2/c1-36-15-14-34-18-24(21-11-7-12-23(30)16-21)27(19-34)33-29(35)32-26-17-22-10-5-6-13-25(22)31-28(26)20-8-3-2-4-9-20/h2-4,7-9,11-12,16-17,24,27H,5-6,10,13-15,18-19H2,1H3,(H2,32,33,35)/t24-,27+/m0/s1. The normalized spacial score (nSPS) is 19.6. The zero-order valence-electron chi connectivity index (χ0n) is 20.7. The van der Waals surface area contributed by atoms with Crippen molar-refractivity contribution in [2.75, 3.05) is 38.7 Å². The summed E-state index contributed by atoms with van der Waals surface area (Å²) in [6, 6.07) is 18.3. The molecule has 0 unspecified atom stereocenters. The van der Waals surface area contributed by atoms with E-state index in [1.165, 1.54) is 11.6 Å². The predicted molar refractivity (Wildman–Crippen MR) is 140 cm³/mol. The molecule has 0 spiro atoms. The van der Waals surface area contributed by atoms with Crippen LogP contribution in [0.15, 0.2) is 60.7 Å². The molecular formula is C29H33FN4O2. The van der Waals surface area contributed by atoms with E-state index in [2.05, 4.69) is 21.6 Å². The molecule has 2 aliphatic rings. The van der Waals surface area contributed by atoms with E-state index >= 15 is 0 Å². The van der Waals surface area contributed by atoms with Crippen LogP contribution in [0.3, 0.4) is 0 Å². The molecule has 2 aromatic carbocycles. The van der Waals surface area contributed by atoms with E-state index in [-0.39, 0.29) is 23.8 Å². The number of benzene rings is 2. The molecule has 1 aliphatic heterocycles. The number of methoxy groups -OCH3 is 1. The highest BCUT2D eigenvalue weighted by atomic mass is 19.1. The lowest BCUT2D eigenvalue weighted by Gasteiger charge is -2.22. The highest BCUT2D eigenvalue weighted by Crippen LogP contribution is 2.32. The number of fused-ring (bicyclic) bond motifs is 1. The minimum Gasteiger partial charge on any atom is -0.383 e. The summed E-state index contributed by atoms with van der Waals surface area (Å²) in [5.74, 6) is -0.280. The number of anilines is 1. The molecule has 2 amide bonds. The Bertz CT molecular complexity index is 1200. The van der Waals surface area contributed by atoms with E-state index in [9.17, 15) is 9.18 Å². The number of nitrogens with one attached hydrogen (secondary N) is 2. The van der Waals surface area contributed by atoms with E-state index in [0.717, 1.165) is 67.0 Å². The highest BCUT2D eigenvalue weighted by molar-refractivity contribution is 5.94. The van der Waals surface area contributed by atoms with Crippen molar-refractivity contribution >= 4 is 11.7 Å². The number of amides is 2. The Labute approximate surface area is 211 Å². The molecule has 188 valence electrons. The van der Waals surface area contributed by atoms with Crippen LogP contribution in [0, 0.1) is 5.82 Å². The minimum atomic E-state index is -0.273. The zero-order chi connectivity index (χ0) is 24.9. The quantitative estimate of drug-likeness (QED) is 0.491. The van der Waals surface area contributed by atoms with Crippen LogP contribution < -0.4 is 10.6 Å². The lowest BCUT2D eigenvalue weighted by atomic mass is 9.94. The van der Waals surface area contributed by atoms with Crippen molar-refractivity contribution < 1.29 is 13.9 Å². The van der Waals surface area contributed by atoms with Crippen LogP contribution in [0.2, 0.25) is 0 Å². The minimum absolute atomic E-state index is 0.0152. The maximum absolute atomic E-state index is 14.0. The summed E-state index contributed by atoms with van der Waals surface area (Å²) >= 11 is 0. The van der Waals surface area contributed by atoms with Crippen LogP contribution in [0.5, 0.6) is 0 Å². The van der Waals surface area contributed by atoms with Crippen LogP contribution in [0.4, 0.5) is 14.9 Å². The van der Waals surface area contributed by atoms with Crippen LogP contribution >= 0.6 is 0 Å². The van der Waals surface area contributed by atoms with Crippen LogP contribution in [0.1, 0.15) is 35.6 Å². The van der Waals surface area contributed by atoms with Gasteiger partial charge in [-0.25, -0.2) is 9.18 Å². The number of aromatic nitrogens is 1. The topological polar surface area (TPSA) is 66.5 Å². The maximum atomic E-state index is 14.0. The van der Waals surface area contributed by atoms with E-state index in [4.69, 9.17) is 9.72 Å². The first-order valence-corrected chi connectivity index (χ1v) is 12.7. The monoisotopic (exact) mass is 488 g/mol. The van der Waals surface area contributed by atoms with Gasteiger partial charge in [-0.15, -0.1) is 0 Å². The first-order valence-electron chi connectivity index (χ1n) is 12.7. The fraction of sp³-hybridized carbons (Fsp3) is 0.379. The number of rotatable bonds is 7. The average molecular weight is 489 g/mol. The molecule has 5 rings (SSSR count). The largest absolute Gasteiger partial charge is 0.383 e. The number of likely N-dealkylation sites (tertiary alicyclic amines) is 1. The van der Waals surface area contributed by atoms with Crippen molar-refractivity contribution in [3.8, 4) is 11.3 Å². The smallest absolute Gasteiger partial charge is 0.319 e. The zero-order valence-corrected chi connectivity index (χ0v) is 20.7. The van der Waals surface area contributed by atoms with Gasteiger partial charge in [0.25, 0.3) is 0 Å². The number of hydrogen-bond donors (Lipinski definition) is 2. The number of nitrogens with zero attached hydrogens (tertiary/aromatic N) is 2. The third-order valence-electron chi connectivity index (χ3n) is 7.20. The Kier molecular flexibility index (Phi) is 7.58. The molecule has 1 saturated heterocycles. The van der Waals surface area contributed by atoms with E-state index in [1.54, 1.807) is 19.2 Å². The van der Waals surface area contributed by atoms with Crippen LogP contribution in [-0.2, 0) is 17.6 Å².